The Balaban J connectivity index is 2.05. The highest BCUT2D eigenvalue weighted by Crippen LogP contribution is 2.27. The molecule has 2 rings (SSSR count). The van der Waals surface area contributed by atoms with Gasteiger partial charge in [-0.1, -0.05) is 60.7 Å². The molecule has 2 aromatic rings. The molecule has 110 valence electrons. The summed E-state index contributed by atoms with van der Waals surface area (Å²) in [6, 6.07) is 20.8. The second-order valence-electron chi connectivity index (χ2n) is 4.95. The van der Waals surface area contributed by atoms with E-state index in [9.17, 15) is 4.79 Å². The summed E-state index contributed by atoms with van der Waals surface area (Å²) in [5.74, 6) is 0.215. The average Bonchev–Trinajstić information content (AvgIpc) is 2.53. The van der Waals surface area contributed by atoms with E-state index in [2.05, 4.69) is 53.8 Å². The van der Waals surface area contributed by atoms with E-state index in [-0.39, 0.29) is 18.4 Å². The molecule has 0 aliphatic heterocycles. The van der Waals surface area contributed by atoms with Crippen molar-refractivity contribution >= 4 is 5.91 Å². The number of rotatable bonds is 7. The molecular weight excluding hydrogens is 262 g/mol. The second-order valence-corrected chi connectivity index (χ2v) is 4.95. The molecule has 0 aliphatic rings. The lowest BCUT2D eigenvalue weighted by Gasteiger charge is -2.18. The fourth-order valence-electron chi connectivity index (χ4n) is 2.43. The van der Waals surface area contributed by atoms with Crippen LogP contribution in [-0.4, -0.2) is 26.2 Å². The maximum absolute atomic E-state index is 11.5. The molecule has 0 unspecified atom stereocenters. The van der Waals surface area contributed by atoms with E-state index >= 15 is 0 Å². The van der Waals surface area contributed by atoms with E-state index in [0.29, 0.717) is 6.54 Å². The maximum atomic E-state index is 11.5. The molecule has 0 aliphatic carbocycles. The molecule has 3 nitrogen and oxygen atoms in total. The van der Waals surface area contributed by atoms with Gasteiger partial charge in [-0.25, -0.2) is 0 Å². The smallest absolute Gasteiger partial charge is 0.245 e. The van der Waals surface area contributed by atoms with Gasteiger partial charge in [0.1, 0.15) is 6.61 Å². The van der Waals surface area contributed by atoms with Gasteiger partial charge in [-0.3, -0.25) is 4.79 Å². The Morgan fingerprint density at radius 1 is 1.00 bits per heavy atom. The number of amides is 1. The zero-order valence-corrected chi connectivity index (χ0v) is 12.3. The molecule has 0 radical (unpaired) electrons. The standard InChI is InChI=1S/C18H21NO2/c1-21-14-18(20)19-13-12-17(15-8-4-2-5-9-15)16-10-6-3-7-11-16/h2-11,17H,12-14H2,1H3,(H,19,20). The van der Waals surface area contributed by atoms with E-state index in [4.69, 9.17) is 4.74 Å². The van der Waals surface area contributed by atoms with E-state index in [0.717, 1.165) is 6.42 Å². The summed E-state index contributed by atoms with van der Waals surface area (Å²) < 4.78 is 4.82. The van der Waals surface area contributed by atoms with Crippen LogP contribution in [0.2, 0.25) is 0 Å². The van der Waals surface area contributed by atoms with Gasteiger partial charge < -0.3 is 10.1 Å². The summed E-state index contributed by atoms with van der Waals surface area (Å²) in [5.41, 5.74) is 2.54. The van der Waals surface area contributed by atoms with Crippen molar-refractivity contribution in [3.05, 3.63) is 71.8 Å². The van der Waals surface area contributed by atoms with Crippen molar-refractivity contribution < 1.29 is 9.53 Å². The average molecular weight is 283 g/mol. The second kappa shape index (κ2) is 8.22. The zero-order valence-electron chi connectivity index (χ0n) is 12.3. The molecule has 0 spiro atoms. The molecule has 0 bridgehead atoms. The molecule has 3 heteroatoms. The van der Waals surface area contributed by atoms with Crippen molar-refractivity contribution in [1.82, 2.24) is 5.32 Å². The number of hydrogen-bond donors (Lipinski definition) is 1. The van der Waals surface area contributed by atoms with Gasteiger partial charge >= 0.3 is 0 Å². The fourth-order valence-corrected chi connectivity index (χ4v) is 2.43. The van der Waals surface area contributed by atoms with Gasteiger partial charge in [0.2, 0.25) is 5.91 Å². The van der Waals surface area contributed by atoms with Crippen LogP contribution >= 0.6 is 0 Å². The third-order valence-electron chi connectivity index (χ3n) is 3.43. The minimum atomic E-state index is -0.0719. The SMILES string of the molecule is COCC(=O)NCCC(c1ccccc1)c1ccccc1. The summed E-state index contributed by atoms with van der Waals surface area (Å²) in [6.07, 6.45) is 0.865. The van der Waals surface area contributed by atoms with Gasteiger partial charge in [0, 0.05) is 19.6 Å². The molecule has 1 N–H and O–H groups in total. The Hall–Kier alpha value is -2.13. The van der Waals surface area contributed by atoms with Crippen molar-refractivity contribution in [3.8, 4) is 0 Å². The Bertz CT molecular complexity index is 500. The lowest BCUT2D eigenvalue weighted by atomic mass is 9.88. The van der Waals surface area contributed by atoms with Crippen molar-refractivity contribution in [2.75, 3.05) is 20.3 Å². The van der Waals surface area contributed by atoms with E-state index < -0.39 is 0 Å². The molecule has 0 saturated carbocycles. The van der Waals surface area contributed by atoms with Crippen LogP contribution in [0.15, 0.2) is 60.7 Å². The summed E-state index contributed by atoms with van der Waals surface area (Å²) >= 11 is 0. The highest BCUT2D eigenvalue weighted by Gasteiger charge is 2.13. The maximum Gasteiger partial charge on any atom is 0.245 e. The van der Waals surface area contributed by atoms with Crippen LogP contribution in [-0.2, 0) is 9.53 Å². The molecule has 0 fully saturated rings. The number of carbonyl (C=O) groups is 1. The number of carbonyl (C=O) groups excluding carboxylic acids is 1. The van der Waals surface area contributed by atoms with Crippen molar-refractivity contribution in [2.45, 2.75) is 12.3 Å². The minimum Gasteiger partial charge on any atom is -0.375 e. The number of nitrogens with one attached hydrogen (secondary N) is 1. The fraction of sp³-hybridized carbons (Fsp3) is 0.278. The lowest BCUT2D eigenvalue weighted by molar-refractivity contribution is -0.124. The number of benzene rings is 2. The molecule has 2 aromatic carbocycles. The van der Waals surface area contributed by atoms with Gasteiger partial charge in [0.05, 0.1) is 0 Å². The first-order valence-electron chi connectivity index (χ1n) is 7.17. The van der Waals surface area contributed by atoms with E-state index in [1.807, 2.05) is 12.1 Å². The van der Waals surface area contributed by atoms with Crippen LogP contribution in [0.1, 0.15) is 23.5 Å². The van der Waals surface area contributed by atoms with E-state index in [1.165, 1.54) is 18.2 Å². The molecular formula is C18H21NO2. The van der Waals surface area contributed by atoms with Crippen LogP contribution in [0.5, 0.6) is 0 Å². The lowest BCUT2D eigenvalue weighted by Crippen LogP contribution is -2.29. The zero-order chi connectivity index (χ0) is 14.9. The molecule has 0 aromatic heterocycles. The summed E-state index contributed by atoms with van der Waals surface area (Å²) in [7, 11) is 1.52. The van der Waals surface area contributed by atoms with Gasteiger partial charge in [-0.2, -0.15) is 0 Å². The monoisotopic (exact) mass is 283 g/mol. The van der Waals surface area contributed by atoms with Crippen molar-refractivity contribution in [2.24, 2.45) is 0 Å². The molecule has 0 saturated heterocycles. The van der Waals surface area contributed by atoms with Crippen LogP contribution in [0.3, 0.4) is 0 Å². The predicted molar refractivity (Wildman–Crippen MR) is 84.2 cm³/mol. The summed E-state index contributed by atoms with van der Waals surface area (Å²) in [4.78, 5) is 11.5. The number of hydrogen-bond acceptors (Lipinski definition) is 2. The van der Waals surface area contributed by atoms with Crippen molar-refractivity contribution in [1.29, 1.82) is 0 Å². The molecule has 21 heavy (non-hydrogen) atoms. The Morgan fingerprint density at radius 3 is 2.00 bits per heavy atom. The van der Waals surface area contributed by atoms with Crippen molar-refractivity contribution in [3.63, 3.8) is 0 Å². The van der Waals surface area contributed by atoms with Crippen LogP contribution < -0.4 is 5.32 Å². The van der Waals surface area contributed by atoms with E-state index in [1.54, 1.807) is 0 Å². The normalized spacial score (nSPS) is 10.6. The highest BCUT2D eigenvalue weighted by molar-refractivity contribution is 5.77. The Morgan fingerprint density at radius 2 is 1.52 bits per heavy atom. The Kier molecular flexibility index (Phi) is 5.98. The third-order valence-corrected chi connectivity index (χ3v) is 3.43. The Labute approximate surface area is 126 Å². The summed E-state index contributed by atoms with van der Waals surface area (Å²) in [6.45, 7) is 0.748. The number of ether oxygens (including phenoxy) is 1. The molecule has 0 heterocycles. The topological polar surface area (TPSA) is 38.3 Å². The summed E-state index contributed by atoms with van der Waals surface area (Å²) in [5, 5.41) is 2.89. The quantitative estimate of drug-likeness (QED) is 0.848. The molecule has 1 amide bonds. The van der Waals surface area contributed by atoms with Crippen LogP contribution in [0.4, 0.5) is 0 Å². The third kappa shape index (κ3) is 4.72. The largest absolute Gasteiger partial charge is 0.375 e. The van der Waals surface area contributed by atoms with Gasteiger partial charge in [-0.05, 0) is 17.5 Å². The minimum absolute atomic E-state index is 0.0719. The van der Waals surface area contributed by atoms with Crippen LogP contribution in [0.25, 0.3) is 0 Å². The highest BCUT2D eigenvalue weighted by atomic mass is 16.5. The first-order chi connectivity index (χ1) is 10.3. The molecule has 0 atom stereocenters. The van der Waals surface area contributed by atoms with Crippen LogP contribution in [0, 0.1) is 0 Å². The predicted octanol–water partition coefficient (Wildman–Crippen LogP) is 2.97. The van der Waals surface area contributed by atoms with Gasteiger partial charge in [0.25, 0.3) is 0 Å². The van der Waals surface area contributed by atoms with Gasteiger partial charge in [0.15, 0.2) is 0 Å². The number of methoxy groups -OCH3 is 1. The van der Waals surface area contributed by atoms with Gasteiger partial charge in [-0.15, -0.1) is 0 Å². The first kappa shape index (κ1) is 15.3. The first-order valence-corrected chi connectivity index (χ1v) is 7.17.